The van der Waals surface area contributed by atoms with E-state index < -0.39 is 27.7 Å². The lowest BCUT2D eigenvalue weighted by molar-refractivity contribution is 0.581. The van der Waals surface area contributed by atoms with Gasteiger partial charge in [0, 0.05) is 0 Å². The van der Waals surface area contributed by atoms with Crippen LogP contribution in [0.25, 0.3) is 0 Å². The molecular weight excluding hydrogens is 404 g/mol. The van der Waals surface area contributed by atoms with E-state index in [2.05, 4.69) is 0 Å². The van der Waals surface area contributed by atoms with Crippen molar-refractivity contribution in [1.29, 1.82) is 0 Å². The summed E-state index contributed by atoms with van der Waals surface area (Å²) in [4.78, 5) is -0.178. The molecule has 3 rings (SSSR count). The minimum Gasteiger partial charge on any atom is -0.259 e. The Morgan fingerprint density at radius 3 is 2.21 bits per heavy atom. The first-order valence-electron chi connectivity index (χ1n) is 8.52. The molecule has 0 heterocycles. The molecule has 3 aromatic carbocycles. The van der Waals surface area contributed by atoms with Crippen LogP contribution in [-0.2, 0) is 10.0 Å². The highest BCUT2D eigenvalue weighted by atomic mass is 35.5. The highest BCUT2D eigenvalue weighted by Gasteiger charge is 2.31. The van der Waals surface area contributed by atoms with Crippen LogP contribution in [0.15, 0.2) is 71.6 Å². The number of hydrogen-bond acceptors (Lipinski definition) is 2. The third-order valence-corrected chi connectivity index (χ3v) is 6.68. The summed E-state index contributed by atoms with van der Waals surface area (Å²) in [5, 5.41) is -0.302. The van der Waals surface area contributed by atoms with Gasteiger partial charge in [-0.25, -0.2) is 17.2 Å². The Morgan fingerprint density at radius 1 is 0.929 bits per heavy atom. The van der Waals surface area contributed by atoms with Crippen molar-refractivity contribution < 1.29 is 17.2 Å². The Kier molecular flexibility index (Phi) is 5.72. The molecule has 0 amide bonds. The van der Waals surface area contributed by atoms with E-state index in [0.29, 0.717) is 5.56 Å². The lowest BCUT2D eigenvalue weighted by Gasteiger charge is -2.31. The first kappa shape index (κ1) is 20.3. The summed E-state index contributed by atoms with van der Waals surface area (Å²) in [6.07, 6.45) is 0. The maximum atomic E-state index is 14.2. The van der Waals surface area contributed by atoms with Crippen LogP contribution < -0.4 is 4.31 Å². The van der Waals surface area contributed by atoms with E-state index in [1.165, 1.54) is 12.1 Å². The van der Waals surface area contributed by atoms with Crippen LogP contribution in [0.5, 0.6) is 0 Å². The molecule has 0 aliphatic rings. The van der Waals surface area contributed by atoms with Crippen molar-refractivity contribution in [1.82, 2.24) is 0 Å². The van der Waals surface area contributed by atoms with Gasteiger partial charge in [0.25, 0.3) is 10.0 Å². The maximum absolute atomic E-state index is 14.2. The number of halogens is 3. The van der Waals surface area contributed by atoms with Gasteiger partial charge in [-0.2, -0.15) is 0 Å². The van der Waals surface area contributed by atoms with Crippen molar-refractivity contribution >= 4 is 27.3 Å². The summed E-state index contributed by atoms with van der Waals surface area (Å²) in [5.74, 6) is -1.24. The standard InChI is InChI=1S/C21H18ClF2NO2S/c1-14-8-9-17(12-21(14)24)25(15(2)16-6-4-3-5-7-16)28(26,27)18-10-11-20(23)19(22)13-18/h3-13,15H,1-2H3/t15-/m1/s1. The smallest absolute Gasteiger partial charge is 0.259 e. The van der Waals surface area contributed by atoms with Gasteiger partial charge in [-0.15, -0.1) is 0 Å². The van der Waals surface area contributed by atoms with Crippen LogP contribution in [0.2, 0.25) is 5.02 Å². The monoisotopic (exact) mass is 421 g/mol. The average molecular weight is 422 g/mol. The molecule has 0 fully saturated rings. The minimum atomic E-state index is -4.15. The number of anilines is 1. The van der Waals surface area contributed by atoms with Crippen molar-refractivity contribution in [3.63, 3.8) is 0 Å². The van der Waals surface area contributed by atoms with Crippen LogP contribution in [0, 0.1) is 18.6 Å². The highest BCUT2D eigenvalue weighted by molar-refractivity contribution is 7.92. The molecular formula is C21H18ClF2NO2S. The van der Waals surface area contributed by atoms with Crippen molar-refractivity contribution in [2.75, 3.05) is 4.31 Å². The fourth-order valence-electron chi connectivity index (χ4n) is 2.91. The van der Waals surface area contributed by atoms with Crippen molar-refractivity contribution in [2.24, 2.45) is 0 Å². The molecule has 1 atom stereocenters. The number of hydrogen-bond donors (Lipinski definition) is 0. The molecule has 146 valence electrons. The fourth-order valence-corrected chi connectivity index (χ4v) is 4.82. The first-order valence-corrected chi connectivity index (χ1v) is 10.3. The van der Waals surface area contributed by atoms with Crippen LogP contribution in [0.1, 0.15) is 24.1 Å². The van der Waals surface area contributed by atoms with Crippen molar-refractivity contribution in [3.05, 3.63) is 94.5 Å². The molecule has 0 aromatic heterocycles. The van der Waals surface area contributed by atoms with E-state index in [0.717, 1.165) is 28.1 Å². The molecule has 3 nitrogen and oxygen atoms in total. The second-order valence-electron chi connectivity index (χ2n) is 6.40. The van der Waals surface area contributed by atoms with Gasteiger partial charge < -0.3 is 0 Å². The van der Waals surface area contributed by atoms with Crippen molar-refractivity contribution in [3.8, 4) is 0 Å². The largest absolute Gasteiger partial charge is 0.264 e. The summed E-state index contributed by atoms with van der Waals surface area (Å²) in [6.45, 7) is 3.30. The lowest BCUT2D eigenvalue weighted by Crippen LogP contribution is -2.34. The van der Waals surface area contributed by atoms with Gasteiger partial charge in [0.05, 0.1) is 21.6 Å². The summed E-state index contributed by atoms with van der Waals surface area (Å²) < 4.78 is 55.7. The molecule has 0 aliphatic heterocycles. The molecule has 0 aliphatic carbocycles. The Hall–Kier alpha value is -2.44. The number of sulfonamides is 1. The molecule has 0 unspecified atom stereocenters. The van der Waals surface area contributed by atoms with E-state index >= 15 is 0 Å². The number of benzene rings is 3. The topological polar surface area (TPSA) is 37.4 Å². The third kappa shape index (κ3) is 3.88. The zero-order chi connectivity index (χ0) is 20.5. The second-order valence-corrected chi connectivity index (χ2v) is 8.62. The first-order chi connectivity index (χ1) is 13.2. The summed E-state index contributed by atoms with van der Waals surface area (Å²) in [6, 6.07) is 15.8. The molecule has 0 saturated carbocycles. The highest BCUT2D eigenvalue weighted by Crippen LogP contribution is 2.35. The van der Waals surface area contributed by atoms with Gasteiger partial charge in [0.1, 0.15) is 11.6 Å². The van der Waals surface area contributed by atoms with E-state index in [4.69, 9.17) is 11.6 Å². The molecule has 0 bridgehead atoms. The van der Waals surface area contributed by atoms with Crippen LogP contribution in [-0.4, -0.2) is 8.42 Å². The Balaban J connectivity index is 2.19. The fraction of sp³-hybridized carbons (Fsp3) is 0.143. The minimum absolute atomic E-state index is 0.167. The molecule has 0 spiro atoms. The van der Waals surface area contributed by atoms with Gasteiger partial charge in [0.15, 0.2) is 0 Å². The molecule has 3 aromatic rings. The maximum Gasteiger partial charge on any atom is 0.264 e. The number of aryl methyl sites for hydroxylation is 1. The van der Waals surface area contributed by atoms with E-state index in [1.54, 1.807) is 44.2 Å². The lowest BCUT2D eigenvalue weighted by atomic mass is 10.1. The zero-order valence-corrected chi connectivity index (χ0v) is 16.8. The third-order valence-electron chi connectivity index (χ3n) is 4.49. The normalized spacial score (nSPS) is 12.6. The predicted molar refractivity (Wildman–Crippen MR) is 107 cm³/mol. The Morgan fingerprint density at radius 2 is 1.61 bits per heavy atom. The van der Waals surface area contributed by atoms with Gasteiger partial charge in [0.2, 0.25) is 0 Å². The molecule has 0 radical (unpaired) electrons. The number of rotatable bonds is 5. The molecule has 0 N–H and O–H groups in total. The second kappa shape index (κ2) is 7.89. The average Bonchev–Trinajstić information content (AvgIpc) is 2.67. The molecule has 0 saturated heterocycles. The molecule has 7 heteroatoms. The molecule has 28 heavy (non-hydrogen) atoms. The van der Waals surface area contributed by atoms with Crippen LogP contribution >= 0.6 is 11.6 Å². The van der Waals surface area contributed by atoms with Gasteiger partial charge in [-0.3, -0.25) is 4.31 Å². The van der Waals surface area contributed by atoms with Crippen LogP contribution in [0.3, 0.4) is 0 Å². The van der Waals surface area contributed by atoms with E-state index in [1.807, 2.05) is 6.07 Å². The predicted octanol–water partition coefficient (Wildman–Crippen LogP) is 5.88. The van der Waals surface area contributed by atoms with E-state index in [9.17, 15) is 17.2 Å². The quantitative estimate of drug-likeness (QED) is 0.515. The van der Waals surface area contributed by atoms with Crippen LogP contribution in [0.4, 0.5) is 14.5 Å². The zero-order valence-electron chi connectivity index (χ0n) is 15.2. The Bertz CT molecular complexity index is 1100. The summed E-state index contributed by atoms with van der Waals surface area (Å²) in [7, 11) is -4.15. The Labute approximate surface area is 168 Å². The summed E-state index contributed by atoms with van der Waals surface area (Å²) in [5.41, 5.74) is 1.29. The van der Waals surface area contributed by atoms with E-state index in [-0.39, 0.29) is 15.6 Å². The van der Waals surface area contributed by atoms with Gasteiger partial charge >= 0.3 is 0 Å². The number of nitrogens with zero attached hydrogens (tertiary/aromatic N) is 1. The van der Waals surface area contributed by atoms with Gasteiger partial charge in [-0.05, 0) is 55.3 Å². The van der Waals surface area contributed by atoms with Crippen molar-refractivity contribution in [2.45, 2.75) is 24.8 Å². The van der Waals surface area contributed by atoms with Gasteiger partial charge in [-0.1, -0.05) is 48.0 Å². The summed E-state index contributed by atoms with van der Waals surface area (Å²) >= 11 is 5.80. The SMILES string of the molecule is Cc1ccc(N([C@H](C)c2ccccc2)S(=O)(=O)c2ccc(F)c(Cl)c2)cc1F.